The molecule has 0 spiro atoms. The van der Waals surface area contributed by atoms with E-state index in [1.165, 1.54) is 0 Å². The topological polar surface area (TPSA) is 84.9 Å². The third-order valence-corrected chi connectivity index (χ3v) is 3.25. The molecule has 0 bridgehead atoms. The van der Waals surface area contributed by atoms with E-state index in [0.29, 0.717) is 6.42 Å². The quantitative estimate of drug-likeness (QED) is 0.285. The summed E-state index contributed by atoms with van der Waals surface area (Å²) in [4.78, 5) is 22.4. The number of hydrogen-bond donors (Lipinski definition) is 0. The molecule has 0 saturated heterocycles. The monoisotopic (exact) mass is 266 g/mol. The van der Waals surface area contributed by atoms with Gasteiger partial charge in [-0.1, -0.05) is 6.92 Å². The first-order valence-corrected chi connectivity index (χ1v) is 6.78. The summed E-state index contributed by atoms with van der Waals surface area (Å²) in [6, 6.07) is 0. The third kappa shape index (κ3) is 6.68. The van der Waals surface area contributed by atoms with Crippen LogP contribution in [0.4, 0.5) is 0 Å². The highest BCUT2D eigenvalue weighted by atomic mass is 31.2. The summed E-state index contributed by atoms with van der Waals surface area (Å²) in [5.74, 6) is -0.387. The highest BCUT2D eigenvalue weighted by Crippen LogP contribution is 2.37. The number of phosphoric acid groups is 1. The van der Waals surface area contributed by atoms with Crippen molar-refractivity contribution in [2.75, 3.05) is 19.8 Å². The second kappa shape index (κ2) is 7.01. The molecule has 1 atom stereocenters. The Bertz CT molecular complexity index is 289. The molecule has 17 heavy (non-hydrogen) atoms. The van der Waals surface area contributed by atoms with Crippen LogP contribution in [0, 0.1) is 12.3 Å². The lowest BCUT2D eigenvalue weighted by Crippen LogP contribution is -2.27. The Balaban J connectivity index is 3.87. The zero-order valence-electron chi connectivity index (χ0n) is 10.4. The van der Waals surface area contributed by atoms with E-state index in [4.69, 9.17) is 4.74 Å². The van der Waals surface area contributed by atoms with Crippen molar-refractivity contribution in [3.05, 3.63) is 6.92 Å². The molecule has 100 valence electrons. The second-order valence-electron chi connectivity index (χ2n) is 3.99. The third-order valence-electron chi connectivity index (χ3n) is 2.25. The number of hydrogen-bond acceptors (Lipinski definition) is 6. The van der Waals surface area contributed by atoms with Gasteiger partial charge in [0.1, 0.15) is 6.61 Å². The minimum Gasteiger partial charge on any atom is -0.756 e. The fourth-order valence-corrected chi connectivity index (χ4v) is 1.37. The van der Waals surface area contributed by atoms with E-state index in [2.05, 4.69) is 16.0 Å². The van der Waals surface area contributed by atoms with Crippen LogP contribution in [-0.4, -0.2) is 25.8 Å². The smallest absolute Gasteiger partial charge is 0.311 e. The molecule has 0 aliphatic carbocycles. The van der Waals surface area contributed by atoms with Gasteiger partial charge in [0.05, 0.1) is 18.9 Å². The zero-order valence-corrected chi connectivity index (χ0v) is 11.3. The predicted octanol–water partition coefficient (Wildman–Crippen LogP) is 1.30. The summed E-state index contributed by atoms with van der Waals surface area (Å²) >= 11 is 0. The van der Waals surface area contributed by atoms with E-state index in [-0.39, 0.29) is 25.8 Å². The average molecular weight is 266 g/mol. The Hall–Kier alpha value is -0.550. The minimum absolute atomic E-state index is 0.130. The van der Waals surface area contributed by atoms with E-state index < -0.39 is 13.2 Å². The SMILES string of the molecule is [CH2+]COP(=O)([O-])OCCOC(=O)C(C)(C)CC. The molecule has 0 fully saturated rings. The molecule has 0 radical (unpaired) electrons. The van der Waals surface area contributed by atoms with Crippen molar-refractivity contribution < 1.29 is 28.0 Å². The molecular formula is C10H19O6P. The number of phosphoric ester groups is 1. The zero-order chi connectivity index (χ0) is 13.5. The second-order valence-corrected chi connectivity index (χ2v) is 5.40. The first-order valence-electron chi connectivity index (χ1n) is 5.32. The van der Waals surface area contributed by atoms with Gasteiger partial charge in [-0.25, -0.2) is 0 Å². The van der Waals surface area contributed by atoms with Gasteiger partial charge in [0.2, 0.25) is 0 Å². The minimum atomic E-state index is -4.30. The van der Waals surface area contributed by atoms with Crippen LogP contribution in [0.2, 0.25) is 0 Å². The van der Waals surface area contributed by atoms with Gasteiger partial charge in [-0.05, 0) is 20.3 Å². The summed E-state index contributed by atoms with van der Waals surface area (Å²) in [7, 11) is -4.30. The first-order chi connectivity index (χ1) is 7.75. The Morgan fingerprint density at radius 1 is 1.35 bits per heavy atom. The normalized spacial score (nSPS) is 15.3. The van der Waals surface area contributed by atoms with Crippen LogP contribution in [0.3, 0.4) is 0 Å². The van der Waals surface area contributed by atoms with Crippen LogP contribution in [0.1, 0.15) is 27.2 Å². The van der Waals surface area contributed by atoms with E-state index in [1.807, 2.05) is 6.92 Å². The van der Waals surface area contributed by atoms with E-state index in [0.717, 1.165) is 0 Å². The van der Waals surface area contributed by atoms with Crippen LogP contribution in [0.5, 0.6) is 0 Å². The van der Waals surface area contributed by atoms with Crippen molar-refractivity contribution in [1.82, 2.24) is 0 Å². The number of ether oxygens (including phenoxy) is 1. The molecule has 0 aromatic carbocycles. The van der Waals surface area contributed by atoms with Gasteiger partial charge < -0.3 is 14.2 Å². The molecule has 7 heteroatoms. The van der Waals surface area contributed by atoms with Crippen LogP contribution >= 0.6 is 7.82 Å². The van der Waals surface area contributed by atoms with Gasteiger partial charge in [-0.2, -0.15) is 0 Å². The molecule has 0 rings (SSSR count). The fourth-order valence-electron chi connectivity index (χ4n) is 0.772. The van der Waals surface area contributed by atoms with E-state index in [9.17, 15) is 14.3 Å². The molecule has 0 aromatic rings. The molecular weight excluding hydrogens is 247 g/mol. The fraction of sp³-hybridized carbons (Fsp3) is 0.800. The highest BCUT2D eigenvalue weighted by molar-refractivity contribution is 7.45. The number of esters is 1. The maximum absolute atomic E-state index is 11.5. The lowest BCUT2D eigenvalue weighted by molar-refractivity contribution is -0.225. The van der Waals surface area contributed by atoms with E-state index >= 15 is 0 Å². The van der Waals surface area contributed by atoms with Gasteiger partial charge in [0, 0.05) is 0 Å². The van der Waals surface area contributed by atoms with Crippen LogP contribution in [0.15, 0.2) is 0 Å². The largest absolute Gasteiger partial charge is 0.756 e. The summed E-state index contributed by atoms with van der Waals surface area (Å²) in [5.41, 5.74) is -0.578. The van der Waals surface area contributed by atoms with Gasteiger partial charge in [0.25, 0.3) is 7.82 Å². The van der Waals surface area contributed by atoms with Gasteiger partial charge in [0.15, 0.2) is 6.61 Å². The molecule has 0 aliphatic rings. The van der Waals surface area contributed by atoms with Crippen LogP contribution in [0.25, 0.3) is 0 Å². The number of rotatable bonds is 8. The van der Waals surface area contributed by atoms with Crippen molar-refractivity contribution in [2.45, 2.75) is 27.2 Å². The van der Waals surface area contributed by atoms with Gasteiger partial charge >= 0.3 is 5.97 Å². The predicted molar refractivity (Wildman–Crippen MR) is 59.9 cm³/mol. The van der Waals surface area contributed by atoms with Crippen molar-refractivity contribution in [2.24, 2.45) is 5.41 Å². The summed E-state index contributed by atoms with van der Waals surface area (Å²) < 4.78 is 24.5. The summed E-state index contributed by atoms with van der Waals surface area (Å²) in [6.07, 6.45) is 0.636. The standard InChI is InChI=1S/C10H19O6P/c1-5-10(3,4)9(11)14-7-8-16-17(12,13)15-6-2/h2,5-8H2,1,3-4H3. The molecule has 0 saturated carbocycles. The van der Waals surface area contributed by atoms with Crippen molar-refractivity contribution in [1.29, 1.82) is 0 Å². The highest BCUT2D eigenvalue weighted by Gasteiger charge is 2.26. The Morgan fingerprint density at radius 3 is 2.41 bits per heavy atom. The van der Waals surface area contributed by atoms with Crippen molar-refractivity contribution in [3.63, 3.8) is 0 Å². The molecule has 0 aliphatic heterocycles. The maximum atomic E-state index is 11.5. The molecule has 0 heterocycles. The molecule has 1 unspecified atom stereocenters. The van der Waals surface area contributed by atoms with Gasteiger partial charge in [-0.15, -0.1) is 0 Å². The molecule has 0 N–H and O–H groups in total. The summed E-state index contributed by atoms with van der Waals surface area (Å²) in [5, 5.41) is 0. The molecule has 0 aromatic heterocycles. The lowest BCUT2D eigenvalue weighted by atomic mass is 9.91. The molecule has 0 amide bonds. The maximum Gasteiger partial charge on any atom is 0.311 e. The van der Waals surface area contributed by atoms with Gasteiger partial charge in [-0.3, -0.25) is 13.9 Å². The Morgan fingerprint density at radius 2 is 1.94 bits per heavy atom. The van der Waals surface area contributed by atoms with Crippen molar-refractivity contribution >= 4 is 13.8 Å². The number of carbonyl (C=O) groups is 1. The van der Waals surface area contributed by atoms with Crippen LogP contribution < -0.4 is 4.89 Å². The average Bonchev–Trinajstić information content (AvgIpc) is 2.24. The van der Waals surface area contributed by atoms with E-state index in [1.54, 1.807) is 13.8 Å². The Kier molecular flexibility index (Phi) is 6.78. The number of carbonyl (C=O) groups excluding carboxylic acids is 1. The lowest BCUT2D eigenvalue weighted by Gasteiger charge is -2.22. The summed E-state index contributed by atoms with van der Waals surface area (Å²) in [6.45, 7) is 7.96. The first kappa shape index (κ1) is 16.4. The molecule has 6 nitrogen and oxygen atoms in total. The van der Waals surface area contributed by atoms with Crippen LogP contribution in [-0.2, 0) is 23.1 Å². The van der Waals surface area contributed by atoms with Crippen molar-refractivity contribution in [3.8, 4) is 0 Å². The Labute approximate surface area is 102 Å².